The normalized spacial score (nSPS) is 17.4. The zero-order valence-corrected chi connectivity index (χ0v) is 16.2. The van der Waals surface area contributed by atoms with Gasteiger partial charge in [0.25, 0.3) is 0 Å². The molecule has 0 spiro atoms. The van der Waals surface area contributed by atoms with Crippen molar-refractivity contribution in [3.8, 4) is 0 Å². The number of anilines is 2. The van der Waals surface area contributed by atoms with E-state index in [1.807, 2.05) is 24.4 Å². The highest BCUT2D eigenvalue weighted by molar-refractivity contribution is 5.46. The number of rotatable bonds is 7. The lowest BCUT2D eigenvalue weighted by molar-refractivity contribution is 0.204. The van der Waals surface area contributed by atoms with E-state index in [0.29, 0.717) is 11.9 Å². The van der Waals surface area contributed by atoms with E-state index in [4.69, 9.17) is 4.98 Å². The van der Waals surface area contributed by atoms with Crippen LogP contribution >= 0.6 is 0 Å². The van der Waals surface area contributed by atoms with Crippen LogP contribution in [0.2, 0.25) is 0 Å². The van der Waals surface area contributed by atoms with Crippen molar-refractivity contribution < 1.29 is 0 Å². The second-order valence-corrected chi connectivity index (χ2v) is 7.37. The van der Waals surface area contributed by atoms with E-state index in [1.165, 1.54) is 31.4 Å². The molecule has 0 unspecified atom stereocenters. The lowest BCUT2D eigenvalue weighted by atomic mass is 9.94. The zero-order valence-electron chi connectivity index (χ0n) is 16.2. The molecule has 1 aliphatic heterocycles. The van der Waals surface area contributed by atoms with E-state index in [1.54, 1.807) is 6.20 Å². The fraction of sp³-hybridized carbons (Fsp3) is 0.348. The van der Waals surface area contributed by atoms with Gasteiger partial charge >= 0.3 is 0 Å². The monoisotopic (exact) mass is 373 g/mol. The average molecular weight is 374 g/mol. The Labute approximate surface area is 166 Å². The van der Waals surface area contributed by atoms with Gasteiger partial charge in [-0.1, -0.05) is 36.4 Å². The van der Waals surface area contributed by atoms with Crippen LogP contribution in [-0.2, 0) is 6.42 Å². The molecule has 1 atom stereocenters. The summed E-state index contributed by atoms with van der Waals surface area (Å²) in [6.07, 6.45) is 8.38. The highest BCUT2D eigenvalue weighted by atomic mass is 15.2. The molecule has 3 heterocycles. The summed E-state index contributed by atoms with van der Waals surface area (Å²) in [4.78, 5) is 16.0. The van der Waals surface area contributed by atoms with Gasteiger partial charge in [-0.2, -0.15) is 0 Å². The number of pyridine rings is 1. The third-order valence-corrected chi connectivity index (χ3v) is 5.29. The minimum absolute atomic E-state index is 0.470. The van der Waals surface area contributed by atoms with Gasteiger partial charge in [-0.3, -0.25) is 0 Å². The highest BCUT2D eigenvalue weighted by Gasteiger charge is 2.22. The maximum atomic E-state index is 4.77. The Balaban J connectivity index is 1.33. The van der Waals surface area contributed by atoms with Crippen molar-refractivity contribution in [2.24, 2.45) is 0 Å². The van der Waals surface area contributed by atoms with Crippen LogP contribution in [0.3, 0.4) is 0 Å². The summed E-state index contributed by atoms with van der Waals surface area (Å²) in [5.41, 5.74) is 2.55. The molecule has 1 N–H and O–H groups in total. The van der Waals surface area contributed by atoms with Crippen LogP contribution < -0.4 is 5.32 Å². The molecule has 1 aromatic carbocycles. The molecule has 1 aliphatic rings. The predicted molar refractivity (Wildman–Crippen MR) is 113 cm³/mol. The van der Waals surface area contributed by atoms with Gasteiger partial charge in [0.15, 0.2) is 0 Å². The molecule has 4 rings (SSSR count). The van der Waals surface area contributed by atoms with E-state index in [9.17, 15) is 0 Å². The topological polar surface area (TPSA) is 53.9 Å². The van der Waals surface area contributed by atoms with Crippen molar-refractivity contribution in [2.45, 2.75) is 31.6 Å². The van der Waals surface area contributed by atoms with Gasteiger partial charge < -0.3 is 10.2 Å². The summed E-state index contributed by atoms with van der Waals surface area (Å²) < 4.78 is 0. The standard InChI is InChI=1S/C23H27N5/c1-2-8-19(9-3-1)10-6-16-28-17-7-11-20(18-28)21-13-15-25-23(26-21)27-22-12-4-5-14-24-22/h1-5,8-9,12-15,20H,6-7,10-11,16-18H2,(H,24,25,26,27)/t20-/m0/s1. The van der Waals surface area contributed by atoms with Crippen molar-refractivity contribution in [1.29, 1.82) is 0 Å². The molecule has 2 aromatic heterocycles. The zero-order chi connectivity index (χ0) is 19.0. The largest absolute Gasteiger partial charge is 0.309 e. The van der Waals surface area contributed by atoms with E-state index >= 15 is 0 Å². The first-order valence-corrected chi connectivity index (χ1v) is 10.1. The Morgan fingerprint density at radius 1 is 0.964 bits per heavy atom. The molecule has 1 fully saturated rings. The number of aryl methyl sites for hydroxylation is 1. The molecular formula is C23H27N5. The molecule has 28 heavy (non-hydrogen) atoms. The first kappa shape index (κ1) is 18.6. The Kier molecular flexibility index (Phi) is 6.25. The molecule has 0 saturated carbocycles. The number of hydrogen-bond donors (Lipinski definition) is 1. The quantitative estimate of drug-likeness (QED) is 0.664. The summed E-state index contributed by atoms with van der Waals surface area (Å²) in [7, 11) is 0. The van der Waals surface area contributed by atoms with E-state index < -0.39 is 0 Å². The maximum Gasteiger partial charge on any atom is 0.228 e. The number of nitrogens with zero attached hydrogens (tertiary/aromatic N) is 4. The molecular weight excluding hydrogens is 346 g/mol. The first-order valence-electron chi connectivity index (χ1n) is 10.1. The lowest BCUT2D eigenvalue weighted by Crippen LogP contribution is -2.35. The third-order valence-electron chi connectivity index (χ3n) is 5.29. The first-order chi connectivity index (χ1) is 13.9. The van der Waals surface area contributed by atoms with Gasteiger partial charge in [-0.15, -0.1) is 0 Å². The van der Waals surface area contributed by atoms with Crippen LogP contribution in [0.5, 0.6) is 0 Å². The van der Waals surface area contributed by atoms with Crippen molar-refractivity contribution in [3.63, 3.8) is 0 Å². The van der Waals surface area contributed by atoms with Crippen LogP contribution in [0.4, 0.5) is 11.8 Å². The van der Waals surface area contributed by atoms with Crippen LogP contribution in [0.25, 0.3) is 0 Å². The number of hydrogen-bond acceptors (Lipinski definition) is 5. The number of likely N-dealkylation sites (tertiary alicyclic amines) is 1. The lowest BCUT2D eigenvalue weighted by Gasteiger charge is -2.32. The summed E-state index contributed by atoms with van der Waals surface area (Å²) in [6, 6.07) is 18.6. The average Bonchev–Trinajstić information content (AvgIpc) is 2.76. The SMILES string of the molecule is c1ccc(CCCN2CCC[C@H](c3ccnc(Nc4ccccn4)n3)C2)cc1. The summed E-state index contributed by atoms with van der Waals surface area (Å²) in [6.45, 7) is 3.42. The van der Waals surface area contributed by atoms with Gasteiger partial charge in [0.1, 0.15) is 5.82 Å². The Morgan fingerprint density at radius 3 is 2.71 bits per heavy atom. The van der Waals surface area contributed by atoms with Gasteiger partial charge in [-0.25, -0.2) is 15.0 Å². The molecule has 5 nitrogen and oxygen atoms in total. The number of aromatic nitrogens is 3. The minimum Gasteiger partial charge on any atom is -0.309 e. The van der Waals surface area contributed by atoms with Crippen LogP contribution in [-0.4, -0.2) is 39.5 Å². The molecule has 5 heteroatoms. The van der Waals surface area contributed by atoms with Crippen LogP contribution in [0, 0.1) is 0 Å². The van der Waals surface area contributed by atoms with Gasteiger partial charge in [-0.05, 0) is 62.5 Å². The second-order valence-electron chi connectivity index (χ2n) is 7.37. The van der Waals surface area contributed by atoms with Gasteiger partial charge in [0.05, 0.1) is 5.69 Å². The number of benzene rings is 1. The molecule has 0 radical (unpaired) electrons. The fourth-order valence-corrected chi connectivity index (χ4v) is 3.86. The molecule has 1 saturated heterocycles. The Morgan fingerprint density at radius 2 is 1.86 bits per heavy atom. The van der Waals surface area contributed by atoms with Crippen molar-refractivity contribution in [1.82, 2.24) is 19.9 Å². The summed E-state index contributed by atoms with van der Waals surface area (Å²) >= 11 is 0. The van der Waals surface area contributed by atoms with Crippen molar-refractivity contribution in [3.05, 3.63) is 78.2 Å². The van der Waals surface area contributed by atoms with Crippen molar-refractivity contribution >= 4 is 11.8 Å². The molecule has 0 amide bonds. The maximum absolute atomic E-state index is 4.77. The van der Waals surface area contributed by atoms with Crippen molar-refractivity contribution in [2.75, 3.05) is 25.0 Å². The summed E-state index contributed by atoms with van der Waals surface area (Å²) in [5.74, 6) is 1.86. The third kappa shape index (κ3) is 5.14. The fourth-order valence-electron chi connectivity index (χ4n) is 3.86. The van der Waals surface area contributed by atoms with Crippen LogP contribution in [0.1, 0.15) is 36.4 Å². The van der Waals surface area contributed by atoms with E-state index in [2.05, 4.69) is 56.6 Å². The highest BCUT2D eigenvalue weighted by Crippen LogP contribution is 2.26. The summed E-state index contributed by atoms with van der Waals surface area (Å²) in [5, 5.41) is 3.20. The van der Waals surface area contributed by atoms with E-state index in [0.717, 1.165) is 31.0 Å². The van der Waals surface area contributed by atoms with Crippen LogP contribution in [0.15, 0.2) is 67.0 Å². The molecule has 3 aromatic rings. The Bertz CT molecular complexity index is 853. The molecule has 0 aliphatic carbocycles. The minimum atomic E-state index is 0.470. The molecule has 144 valence electrons. The second kappa shape index (κ2) is 9.42. The Hall–Kier alpha value is -2.79. The predicted octanol–water partition coefficient (Wildman–Crippen LogP) is 4.43. The van der Waals surface area contributed by atoms with Gasteiger partial charge in [0, 0.05) is 24.9 Å². The molecule has 0 bridgehead atoms. The van der Waals surface area contributed by atoms with Gasteiger partial charge in [0.2, 0.25) is 5.95 Å². The smallest absolute Gasteiger partial charge is 0.228 e. The van der Waals surface area contributed by atoms with E-state index in [-0.39, 0.29) is 0 Å². The number of piperidine rings is 1. The number of nitrogens with one attached hydrogen (secondary N) is 1.